The smallest absolute Gasteiger partial charge is 0.398 e. The van der Waals surface area contributed by atoms with Crippen LogP contribution in [-0.4, -0.2) is 0 Å². The number of nitrogen functional groups attached to an aromatic ring is 1. The molecule has 0 amide bonds. The fourth-order valence-electron chi connectivity index (χ4n) is 1.40. The van der Waals surface area contributed by atoms with Crippen LogP contribution in [0.25, 0.3) is 0 Å². The predicted molar refractivity (Wildman–Crippen MR) is 69.7 cm³/mol. The van der Waals surface area contributed by atoms with E-state index < -0.39 is 11.7 Å². The Hall–Kier alpha value is -1.14. The molecule has 96 valence electrons. The second-order valence-corrected chi connectivity index (χ2v) is 5.67. The van der Waals surface area contributed by atoms with E-state index in [9.17, 15) is 13.2 Å². The Morgan fingerprint density at radius 2 is 2.00 bits per heavy atom. The van der Waals surface area contributed by atoms with Gasteiger partial charge >= 0.3 is 6.18 Å². The van der Waals surface area contributed by atoms with Gasteiger partial charge in [-0.25, -0.2) is 0 Å². The SMILES string of the molecule is Nc1cc(C(F)(F)F)ccc1SCc1cccs1. The highest BCUT2D eigenvalue weighted by Crippen LogP contribution is 2.35. The lowest BCUT2D eigenvalue weighted by Crippen LogP contribution is -2.05. The Kier molecular flexibility index (Phi) is 3.87. The monoisotopic (exact) mass is 289 g/mol. The molecule has 0 aliphatic rings. The third-order valence-corrected chi connectivity index (χ3v) is 4.48. The van der Waals surface area contributed by atoms with Crippen molar-refractivity contribution in [2.75, 3.05) is 5.73 Å². The first-order chi connectivity index (χ1) is 8.47. The van der Waals surface area contributed by atoms with Gasteiger partial charge in [-0.3, -0.25) is 0 Å². The lowest BCUT2D eigenvalue weighted by atomic mass is 10.2. The average molecular weight is 289 g/mol. The number of thioether (sulfide) groups is 1. The van der Waals surface area contributed by atoms with Gasteiger partial charge in [0.2, 0.25) is 0 Å². The van der Waals surface area contributed by atoms with Crippen LogP contribution >= 0.6 is 23.1 Å². The maximum atomic E-state index is 12.4. The van der Waals surface area contributed by atoms with E-state index in [0.717, 1.165) is 12.1 Å². The van der Waals surface area contributed by atoms with Gasteiger partial charge < -0.3 is 5.73 Å². The molecule has 1 aromatic heterocycles. The van der Waals surface area contributed by atoms with E-state index in [4.69, 9.17) is 5.73 Å². The van der Waals surface area contributed by atoms with Crippen LogP contribution in [0.2, 0.25) is 0 Å². The third-order valence-electron chi connectivity index (χ3n) is 2.29. The van der Waals surface area contributed by atoms with E-state index in [1.165, 1.54) is 22.7 Å². The molecule has 0 atom stereocenters. The number of thiophene rings is 1. The number of anilines is 1. The molecule has 0 fully saturated rings. The summed E-state index contributed by atoms with van der Waals surface area (Å²) < 4.78 is 37.3. The maximum absolute atomic E-state index is 12.4. The first-order valence-corrected chi connectivity index (χ1v) is 6.95. The second-order valence-electron chi connectivity index (χ2n) is 3.62. The number of halogens is 3. The number of alkyl halides is 3. The lowest BCUT2D eigenvalue weighted by molar-refractivity contribution is -0.137. The molecule has 2 aromatic rings. The predicted octanol–water partition coefficient (Wildman–Crippen LogP) is 4.64. The zero-order valence-electron chi connectivity index (χ0n) is 9.20. The van der Waals surface area contributed by atoms with E-state index in [0.29, 0.717) is 10.6 Å². The molecule has 0 radical (unpaired) electrons. The zero-order chi connectivity index (χ0) is 13.2. The van der Waals surface area contributed by atoms with Crippen LogP contribution in [0.15, 0.2) is 40.6 Å². The summed E-state index contributed by atoms with van der Waals surface area (Å²) in [4.78, 5) is 1.84. The highest BCUT2D eigenvalue weighted by Gasteiger charge is 2.30. The molecule has 0 aliphatic heterocycles. The summed E-state index contributed by atoms with van der Waals surface area (Å²) in [5.41, 5.74) is 5.10. The minimum Gasteiger partial charge on any atom is -0.398 e. The Bertz CT molecular complexity index is 521. The van der Waals surface area contributed by atoms with Crippen LogP contribution in [0.5, 0.6) is 0 Å². The summed E-state index contributed by atoms with van der Waals surface area (Å²) in [5, 5.41) is 1.96. The third kappa shape index (κ3) is 3.20. The topological polar surface area (TPSA) is 26.0 Å². The minimum atomic E-state index is -4.34. The van der Waals surface area contributed by atoms with Gasteiger partial charge in [0.05, 0.1) is 5.56 Å². The molecule has 0 saturated carbocycles. The largest absolute Gasteiger partial charge is 0.416 e. The van der Waals surface area contributed by atoms with E-state index in [1.54, 1.807) is 11.3 Å². The quantitative estimate of drug-likeness (QED) is 0.658. The molecule has 0 bridgehead atoms. The molecule has 0 saturated heterocycles. The summed E-state index contributed by atoms with van der Waals surface area (Å²) in [6, 6.07) is 7.40. The van der Waals surface area contributed by atoms with Gasteiger partial charge in [0.25, 0.3) is 0 Å². The minimum absolute atomic E-state index is 0.173. The van der Waals surface area contributed by atoms with Gasteiger partial charge in [-0.05, 0) is 29.6 Å². The van der Waals surface area contributed by atoms with E-state index >= 15 is 0 Å². The Morgan fingerprint density at radius 1 is 1.22 bits per heavy atom. The van der Waals surface area contributed by atoms with Crippen molar-refractivity contribution >= 4 is 28.8 Å². The van der Waals surface area contributed by atoms with Crippen molar-refractivity contribution in [3.05, 3.63) is 46.2 Å². The zero-order valence-corrected chi connectivity index (χ0v) is 10.8. The van der Waals surface area contributed by atoms with Gasteiger partial charge in [0, 0.05) is 21.2 Å². The van der Waals surface area contributed by atoms with Crippen LogP contribution in [0.3, 0.4) is 0 Å². The summed E-state index contributed by atoms with van der Waals surface area (Å²) in [5.74, 6) is 0.716. The van der Waals surface area contributed by atoms with E-state index in [1.807, 2.05) is 17.5 Å². The van der Waals surface area contributed by atoms with Gasteiger partial charge in [0.1, 0.15) is 0 Å². The molecule has 1 heterocycles. The van der Waals surface area contributed by atoms with Crippen molar-refractivity contribution in [1.82, 2.24) is 0 Å². The van der Waals surface area contributed by atoms with Crippen LogP contribution < -0.4 is 5.73 Å². The standard InChI is InChI=1S/C12H10F3NS2/c13-12(14,15)8-3-4-11(10(16)6-8)18-7-9-2-1-5-17-9/h1-6H,7,16H2. The fraction of sp³-hybridized carbons (Fsp3) is 0.167. The molecule has 18 heavy (non-hydrogen) atoms. The molecule has 2 rings (SSSR count). The number of nitrogens with two attached hydrogens (primary N) is 1. The summed E-state index contributed by atoms with van der Waals surface area (Å²) in [6.07, 6.45) is -4.34. The van der Waals surface area contributed by atoms with Gasteiger partial charge in [0.15, 0.2) is 0 Å². The maximum Gasteiger partial charge on any atom is 0.416 e. The molecule has 1 aromatic carbocycles. The van der Waals surface area contributed by atoms with Crippen LogP contribution in [0.4, 0.5) is 18.9 Å². The van der Waals surface area contributed by atoms with Crippen LogP contribution in [0, 0.1) is 0 Å². The Morgan fingerprint density at radius 3 is 2.56 bits per heavy atom. The van der Waals surface area contributed by atoms with Gasteiger partial charge in [-0.2, -0.15) is 13.2 Å². The van der Waals surface area contributed by atoms with Crippen molar-refractivity contribution in [3.8, 4) is 0 Å². The second kappa shape index (κ2) is 5.24. The number of benzene rings is 1. The Labute approximate surface area is 111 Å². The molecular weight excluding hydrogens is 279 g/mol. The Balaban J connectivity index is 2.10. The van der Waals surface area contributed by atoms with E-state index in [2.05, 4.69) is 0 Å². The number of hydrogen-bond acceptors (Lipinski definition) is 3. The lowest BCUT2D eigenvalue weighted by Gasteiger charge is -2.10. The summed E-state index contributed by atoms with van der Waals surface area (Å²) >= 11 is 3.06. The van der Waals surface area contributed by atoms with Crippen molar-refractivity contribution < 1.29 is 13.2 Å². The first-order valence-electron chi connectivity index (χ1n) is 5.09. The molecule has 1 nitrogen and oxygen atoms in total. The number of hydrogen-bond donors (Lipinski definition) is 1. The van der Waals surface area contributed by atoms with Crippen molar-refractivity contribution in [2.24, 2.45) is 0 Å². The molecule has 0 spiro atoms. The van der Waals surface area contributed by atoms with Crippen molar-refractivity contribution in [1.29, 1.82) is 0 Å². The van der Waals surface area contributed by atoms with Gasteiger partial charge in [-0.1, -0.05) is 6.07 Å². The van der Waals surface area contributed by atoms with Crippen LogP contribution in [0.1, 0.15) is 10.4 Å². The summed E-state index contributed by atoms with van der Waals surface area (Å²) in [6.45, 7) is 0. The van der Waals surface area contributed by atoms with E-state index in [-0.39, 0.29) is 5.69 Å². The summed E-state index contributed by atoms with van der Waals surface area (Å²) in [7, 11) is 0. The van der Waals surface area contributed by atoms with Crippen LogP contribution in [-0.2, 0) is 11.9 Å². The van der Waals surface area contributed by atoms with Crippen molar-refractivity contribution in [2.45, 2.75) is 16.8 Å². The fourth-order valence-corrected chi connectivity index (χ4v) is 3.12. The molecule has 0 aliphatic carbocycles. The molecule has 2 N–H and O–H groups in total. The normalized spacial score (nSPS) is 11.7. The first kappa shape index (κ1) is 13.3. The molecule has 6 heteroatoms. The highest BCUT2D eigenvalue weighted by atomic mass is 32.2. The highest BCUT2D eigenvalue weighted by molar-refractivity contribution is 7.98. The van der Waals surface area contributed by atoms with Gasteiger partial charge in [-0.15, -0.1) is 23.1 Å². The number of rotatable bonds is 3. The molecule has 0 unspecified atom stereocenters. The average Bonchev–Trinajstić information content (AvgIpc) is 2.79. The molecular formula is C12H10F3NS2. The van der Waals surface area contributed by atoms with Crippen molar-refractivity contribution in [3.63, 3.8) is 0 Å².